The van der Waals surface area contributed by atoms with Gasteiger partial charge < -0.3 is 19.6 Å². The molecular formula is C28H33N5O5S. The van der Waals surface area contributed by atoms with E-state index in [1.807, 2.05) is 48.6 Å². The number of fused-ring (bicyclic) bond motifs is 3. The zero-order valence-corrected chi connectivity index (χ0v) is 22.5. The molecule has 1 aromatic carbocycles. The Kier molecular flexibility index (Phi) is 7.20. The zero-order chi connectivity index (χ0) is 27.0. The molecule has 0 aliphatic carbocycles. The van der Waals surface area contributed by atoms with Gasteiger partial charge in [-0.3, -0.25) is 14.4 Å². The van der Waals surface area contributed by atoms with Crippen LogP contribution in [-0.2, 0) is 25.8 Å². The molecule has 0 bridgehead atoms. The van der Waals surface area contributed by atoms with E-state index in [0.29, 0.717) is 32.5 Å². The van der Waals surface area contributed by atoms with Crippen molar-refractivity contribution in [3.63, 3.8) is 0 Å². The van der Waals surface area contributed by atoms with Gasteiger partial charge in [0.25, 0.3) is 0 Å². The highest BCUT2D eigenvalue weighted by Crippen LogP contribution is 2.60. The molecule has 0 radical (unpaired) electrons. The van der Waals surface area contributed by atoms with Gasteiger partial charge in [0.1, 0.15) is 18.2 Å². The first-order valence-electron chi connectivity index (χ1n) is 13.7. The third-order valence-corrected chi connectivity index (χ3v) is 9.98. The highest BCUT2D eigenvalue weighted by Gasteiger charge is 2.70. The number of cyclic esters (lactones) is 1. The number of hydrogen-bond acceptors (Lipinski definition) is 8. The molecule has 10 nitrogen and oxygen atoms in total. The molecule has 2 amide bonds. The maximum Gasteiger partial charge on any atom is 0.311 e. The highest BCUT2D eigenvalue weighted by atomic mass is 32.2. The summed E-state index contributed by atoms with van der Waals surface area (Å²) in [4.78, 5) is 45.2. The van der Waals surface area contributed by atoms with Crippen molar-refractivity contribution in [3.8, 4) is 0 Å². The summed E-state index contributed by atoms with van der Waals surface area (Å²) >= 11 is 1.56. The van der Waals surface area contributed by atoms with Crippen molar-refractivity contribution >= 4 is 40.6 Å². The Hall–Kier alpha value is -3.18. The third-order valence-electron chi connectivity index (χ3n) is 8.24. The van der Waals surface area contributed by atoms with Gasteiger partial charge in [-0.25, -0.2) is 4.68 Å². The minimum atomic E-state index is -0.860. The summed E-state index contributed by atoms with van der Waals surface area (Å²) in [5, 5.41) is 17.4. The van der Waals surface area contributed by atoms with Crippen molar-refractivity contribution in [2.24, 2.45) is 11.8 Å². The molecule has 5 atom stereocenters. The Balaban J connectivity index is 1.35. The maximum atomic E-state index is 14.4. The van der Waals surface area contributed by atoms with Crippen LogP contribution in [0.25, 0.3) is 11.0 Å². The lowest BCUT2D eigenvalue weighted by atomic mass is 9.78. The Bertz CT molecular complexity index is 1330. The van der Waals surface area contributed by atoms with E-state index in [-0.39, 0.29) is 36.3 Å². The number of nitrogens with zero attached hydrogens (tertiary/aromatic N) is 5. The number of unbranched alkanes of at least 4 members (excludes halogenated alkanes) is 3. The van der Waals surface area contributed by atoms with E-state index in [1.165, 1.54) is 0 Å². The fraction of sp³-hybridized carbons (Fsp3) is 0.536. The molecule has 2 fully saturated rings. The second-order valence-corrected chi connectivity index (χ2v) is 12.1. The van der Waals surface area contributed by atoms with E-state index in [2.05, 4.69) is 10.3 Å². The van der Waals surface area contributed by atoms with Gasteiger partial charge in [0.15, 0.2) is 0 Å². The minimum Gasteiger partial charge on any atom is -0.465 e. The Morgan fingerprint density at radius 1 is 1.08 bits per heavy atom. The average Bonchev–Trinajstić information content (AvgIpc) is 3.51. The SMILES string of the molecule is O=C1OCCC=C[C@@H]2S[C@]34C=CCN(Cn5nnc6ccccc65)C(=O)C3N(CCCCCCO)C(=O)[C@@H]4[C@H]12. The lowest BCUT2D eigenvalue weighted by Crippen LogP contribution is -2.53. The first-order chi connectivity index (χ1) is 19.0. The topological polar surface area (TPSA) is 118 Å². The Morgan fingerprint density at radius 2 is 1.92 bits per heavy atom. The second kappa shape index (κ2) is 10.8. The van der Waals surface area contributed by atoms with Crippen molar-refractivity contribution < 1.29 is 24.2 Å². The van der Waals surface area contributed by atoms with Crippen LogP contribution in [0, 0.1) is 11.8 Å². The van der Waals surface area contributed by atoms with Crippen LogP contribution in [0.15, 0.2) is 48.6 Å². The molecule has 1 spiro atoms. The van der Waals surface area contributed by atoms with Crippen LogP contribution < -0.4 is 0 Å². The van der Waals surface area contributed by atoms with Gasteiger partial charge in [-0.05, 0) is 31.4 Å². The molecule has 2 aromatic rings. The average molecular weight is 552 g/mol. The summed E-state index contributed by atoms with van der Waals surface area (Å²) in [7, 11) is 0. The number of ether oxygens (including phenoxy) is 1. The third kappa shape index (κ3) is 4.45. The number of para-hydroxylation sites is 1. The maximum absolute atomic E-state index is 14.4. The second-order valence-electron chi connectivity index (χ2n) is 10.6. The Labute approximate surface area is 231 Å². The van der Waals surface area contributed by atoms with Gasteiger partial charge >= 0.3 is 5.97 Å². The monoisotopic (exact) mass is 551 g/mol. The van der Waals surface area contributed by atoms with E-state index in [0.717, 1.165) is 30.3 Å². The predicted molar refractivity (Wildman–Crippen MR) is 145 cm³/mol. The fourth-order valence-electron chi connectivity index (χ4n) is 6.45. The van der Waals surface area contributed by atoms with Crippen molar-refractivity contribution in [3.05, 3.63) is 48.6 Å². The molecule has 1 aromatic heterocycles. The number of rotatable bonds is 8. The molecule has 2 saturated heterocycles. The van der Waals surface area contributed by atoms with E-state index in [4.69, 9.17) is 9.84 Å². The van der Waals surface area contributed by atoms with E-state index in [9.17, 15) is 14.4 Å². The number of benzene rings is 1. The Morgan fingerprint density at radius 3 is 2.79 bits per heavy atom. The fourth-order valence-corrected chi connectivity index (χ4v) is 8.45. The van der Waals surface area contributed by atoms with Crippen molar-refractivity contribution in [2.45, 2.75) is 54.8 Å². The van der Waals surface area contributed by atoms with Crippen molar-refractivity contribution in [2.75, 3.05) is 26.3 Å². The highest BCUT2D eigenvalue weighted by molar-refractivity contribution is 8.02. The smallest absolute Gasteiger partial charge is 0.311 e. The minimum absolute atomic E-state index is 0.140. The van der Waals surface area contributed by atoms with Crippen LogP contribution in [0.2, 0.25) is 0 Å². The van der Waals surface area contributed by atoms with Gasteiger partial charge in [0, 0.05) is 24.9 Å². The van der Waals surface area contributed by atoms with E-state index >= 15 is 0 Å². The number of aliphatic hydroxyl groups excluding tert-OH is 1. The largest absolute Gasteiger partial charge is 0.465 e. The summed E-state index contributed by atoms with van der Waals surface area (Å²) in [6, 6.07) is 6.87. The number of aliphatic hydroxyl groups is 1. The molecule has 6 rings (SSSR count). The number of esters is 1. The summed E-state index contributed by atoms with van der Waals surface area (Å²) in [6.45, 7) is 1.44. The van der Waals surface area contributed by atoms with Crippen LogP contribution in [0.3, 0.4) is 0 Å². The molecule has 206 valence electrons. The van der Waals surface area contributed by atoms with Crippen molar-refractivity contribution in [1.82, 2.24) is 24.8 Å². The normalized spacial score (nSPS) is 30.1. The van der Waals surface area contributed by atoms with Crippen molar-refractivity contribution in [1.29, 1.82) is 0 Å². The molecular weight excluding hydrogens is 518 g/mol. The van der Waals surface area contributed by atoms with Crippen LogP contribution in [-0.4, -0.2) is 90.0 Å². The molecule has 0 saturated carbocycles. The molecule has 1 unspecified atom stereocenters. The zero-order valence-electron chi connectivity index (χ0n) is 21.7. The summed E-state index contributed by atoms with van der Waals surface area (Å²) in [6.07, 6.45) is 11.8. The first kappa shape index (κ1) is 26.1. The number of thioether (sulfide) groups is 1. The predicted octanol–water partition coefficient (Wildman–Crippen LogP) is 2.14. The number of carbonyl (C=O) groups is 3. The molecule has 4 aliphatic heterocycles. The van der Waals surface area contributed by atoms with E-state index in [1.54, 1.807) is 26.2 Å². The molecule has 5 heterocycles. The van der Waals surface area contributed by atoms with Gasteiger partial charge in [0.2, 0.25) is 11.8 Å². The van der Waals surface area contributed by atoms with Crippen LogP contribution in [0.4, 0.5) is 0 Å². The first-order valence-corrected chi connectivity index (χ1v) is 14.6. The lowest BCUT2D eigenvalue weighted by Gasteiger charge is -2.35. The molecule has 11 heteroatoms. The quantitative estimate of drug-likeness (QED) is 0.301. The molecule has 1 N–H and O–H groups in total. The van der Waals surface area contributed by atoms with Gasteiger partial charge in [-0.1, -0.05) is 54.5 Å². The molecule has 39 heavy (non-hydrogen) atoms. The molecule has 4 aliphatic rings. The number of carbonyl (C=O) groups excluding carboxylic acids is 3. The number of likely N-dealkylation sites (tertiary alicyclic amines) is 1. The summed E-state index contributed by atoms with van der Waals surface area (Å²) in [5.74, 6) is -1.96. The van der Waals surface area contributed by atoms with Crippen LogP contribution in [0.1, 0.15) is 32.1 Å². The van der Waals surface area contributed by atoms with Crippen LogP contribution >= 0.6 is 11.8 Å². The van der Waals surface area contributed by atoms with E-state index < -0.39 is 22.6 Å². The number of amides is 2. The number of hydrogen-bond donors (Lipinski definition) is 1. The van der Waals surface area contributed by atoms with Gasteiger partial charge in [-0.2, -0.15) is 0 Å². The summed E-state index contributed by atoms with van der Waals surface area (Å²) < 4.78 is 6.40. The summed E-state index contributed by atoms with van der Waals surface area (Å²) in [5.41, 5.74) is 1.58. The van der Waals surface area contributed by atoms with Gasteiger partial charge in [-0.15, -0.1) is 16.9 Å². The number of aromatic nitrogens is 3. The lowest BCUT2D eigenvalue weighted by molar-refractivity contribution is -0.153. The standard InChI is InChI=1S/C28H33N5O5S/c34-16-7-2-1-6-15-32-24-26(36)31(18-33-20-11-4-3-10-19(20)29-30-33)14-9-13-28(24)23(25(32)35)22-21(39-28)12-5-8-17-38-27(22)37/h3-5,9-13,21-24,34H,1-2,6-8,14-18H2/t21-,22+,23-,24?,28-/m0/s1. The van der Waals surface area contributed by atoms with Gasteiger partial charge in [0.05, 0.1) is 28.7 Å². The van der Waals surface area contributed by atoms with Crippen LogP contribution in [0.5, 0.6) is 0 Å².